The summed E-state index contributed by atoms with van der Waals surface area (Å²) < 4.78 is 1.70. The van der Waals surface area contributed by atoms with Crippen molar-refractivity contribution in [3.8, 4) is 5.69 Å². The molecular weight excluding hydrogens is 406 g/mol. The van der Waals surface area contributed by atoms with Crippen molar-refractivity contribution in [2.75, 3.05) is 44.2 Å². The molecule has 10 nitrogen and oxygen atoms in total. The third-order valence-corrected chi connectivity index (χ3v) is 5.57. The molecule has 1 aromatic carbocycles. The van der Waals surface area contributed by atoms with Crippen molar-refractivity contribution in [3.05, 3.63) is 60.9 Å². The molecule has 2 N–H and O–H groups in total. The lowest BCUT2D eigenvalue weighted by Gasteiger charge is -2.34. The summed E-state index contributed by atoms with van der Waals surface area (Å²) in [4.78, 5) is 29.5. The summed E-state index contributed by atoms with van der Waals surface area (Å²) in [5, 5.41) is 10.1. The molecule has 0 aliphatic carbocycles. The number of amides is 2. The minimum absolute atomic E-state index is 0.0897. The van der Waals surface area contributed by atoms with Gasteiger partial charge in [0.1, 0.15) is 12.7 Å². The van der Waals surface area contributed by atoms with Crippen molar-refractivity contribution < 1.29 is 4.79 Å². The van der Waals surface area contributed by atoms with Crippen molar-refractivity contribution in [3.63, 3.8) is 0 Å². The van der Waals surface area contributed by atoms with Gasteiger partial charge in [0.25, 0.3) is 0 Å². The number of benzene rings is 1. The third kappa shape index (κ3) is 5.79. The summed E-state index contributed by atoms with van der Waals surface area (Å²) in [5.74, 6) is 0.799. The lowest BCUT2D eigenvalue weighted by Crippen LogP contribution is -2.47. The van der Waals surface area contributed by atoms with Crippen LogP contribution >= 0.6 is 0 Å². The average Bonchev–Trinajstić information content (AvgIpc) is 3.38. The Morgan fingerprint density at radius 3 is 2.53 bits per heavy atom. The van der Waals surface area contributed by atoms with Crippen LogP contribution in [0, 0.1) is 0 Å². The molecule has 3 heterocycles. The van der Waals surface area contributed by atoms with E-state index in [9.17, 15) is 4.79 Å². The van der Waals surface area contributed by atoms with E-state index < -0.39 is 0 Å². The summed E-state index contributed by atoms with van der Waals surface area (Å²) in [6.07, 6.45) is 7.63. The van der Waals surface area contributed by atoms with Gasteiger partial charge in [-0.2, -0.15) is 5.10 Å². The fourth-order valence-corrected chi connectivity index (χ4v) is 3.72. The van der Waals surface area contributed by atoms with E-state index in [4.69, 9.17) is 0 Å². The first-order chi connectivity index (χ1) is 15.7. The predicted octanol–water partition coefficient (Wildman–Crippen LogP) is 1.63. The standard InChI is InChI=1S/C22H29N9O/c1-18(19-4-6-20(7-5-19)31-17-23-16-27-31)28-22(32)26-10-3-11-29-12-14-30(15-13-29)21-24-8-2-9-25-21/h2,4-9,16-18H,3,10-15H2,1H3,(H2,26,28,32). The van der Waals surface area contributed by atoms with Crippen molar-refractivity contribution >= 4 is 12.0 Å². The zero-order chi connectivity index (χ0) is 22.2. The topological polar surface area (TPSA) is 104 Å². The maximum Gasteiger partial charge on any atom is 0.315 e. The molecule has 1 atom stereocenters. The van der Waals surface area contributed by atoms with Crippen molar-refractivity contribution in [1.29, 1.82) is 0 Å². The number of hydrogen-bond acceptors (Lipinski definition) is 7. The number of anilines is 1. The fraction of sp³-hybridized carbons (Fsp3) is 0.409. The first-order valence-corrected chi connectivity index (χ1v) is 10.9. The van der Waals surface area contributed by atoms with Crippen LogP contribution < -0.4 is 15.5 Å². The summed E-state index contributed by atoms with van der Waals surface area (Å²) in [7, 11) is 0. The van der Waals surface area contributed by atoms with Gasteiger partial charge in [0.2, 0.25) is 5.95 Å². The van der Waals surface area contributed by atoms with Crippen LogP contribution in [0.15, 0.2) is 55.4 Å². The molecular formula is C22H29N9O. The molecule has 2 aromatic heterocycles. The van der Waals surface area contributed by atoms with Gasteiger partial charge in [-0.3, -0.25) is 4.90 Å². The SMILES string of the molecule is CC(NC(=O)NCCCN1CCN(c2ncccn2)CC1)c1ccc(-n2cncn2)cc1. The summed E-state index contributed by atoms with van der Waals surface area (Å²) in [6.45, 7) is 7.38. The summed E-state index contributed by atoms with van der Waals surface area (Å²) in [6, 6.07) is 9.49. The van der Waals surface area contributed by atoms with Gasteiger partial charge in [-0.15, -0.1) is 0 Å². The van der Waals surface area contributed by atoms with Crippen molar-refractivity contribution in [2.24, 2.45) is 0 Å². The number of aromatic nitrogens is 5. The molecule has 1 aliphatic rings. The minimum atomic E-state index is -0.149. The first kappa shape index (κ1) is 21.7. The van der Waals surface area contributed by atoms with Gasteiger partial charge in [0.05, 0.1) is 11.7 Å². The molecule has 1 saturated heterocycles. The zero-order valence-corrected chi connectivity index (χ0v) is 18.3. The normalized spacial score (nSPS) is 15.3. The van der Waals surface area contributed by atoms with Gasteiger partial charge in [0, 0.05) is 45.1 Å². The minimum Gasteiger partial charge on any atom is -0.338 e. The van der Waals surface area contributed by atoms with Crippen molar-refractivity contribution in [2.45, 2.75) is 19.4 Å². The molecule has 32 heavy (non-hydrogen) atoms. The van der Waals surface area contributed by atoms with Gasteiger partial charge >= 0.3 is 6.03 Å². The number of carbonyl (C=O) groups excluding carboxylic acids is 1. The Hall–Kier alpha value is -3.53. The van der Waals surface area contributed by atoms with Crippen LogP contribution in [-0.2, 0) is 0 Å². The number of hydrogen-bond donors (Lipinski definition) is 2. The van der Waals surface area contributed by atoms with Gasteiger partial charge in [-0.05, 0) is 43.7 Å². The van der Waals surface area contributed by atoms with Crippen LogP contribution in [0.5, 0.6) is 0 Å². The zero-order valence-electron chi connectivity index (χ0n) is 18.3. The fourth-order valence-electron chi connectivity index (χ4n) is 3.72. The molecule has 0 spiro atoms. The highest BCUT2D eigenvalue weighted by atomic mass is 16.2. The molecule has 4 rings (SSSR count). The molecule has 168 valence electrons. The van der Waals surface area contributed by atoms with Crippen LogP contribution in [0.3, 0.4) is 0 Å². The molecule has 0 saturated carbocycles. The summed E-state index contributed by atoms with van der Waals surface area (Å²) in [5.41, 5.74) is 1.96. The molecule has 1 aliphatic heterocycles. The van der Waals surface area contributed by atoms with Gasteiger partial charge < -0.3 is 15.5 Å². The Labute approximate surface area is 187 Å². The maximum atomic E-state index is 12.3. The average molecular weight is 436 g/mol. The second-order valence-electron chi connectivity index (χ2n) is 7.78. The Morgan fingerprint density at radius 1 is 1.09 bits per heavy atom. The molecule has 1 unspecified atom stereocenters. The Balaban J connectivity index is 1.12. The third-order valence-electron chi connectivity index (χ3n) is 5.57. The second-order valence-corrected chi connectivity index (χ2v) is 7.78. The Bertz CT molecular complexity index is 955. The number of rotatable bonds is 8. The van der Waals surface area contributed by atoms with Crippen LogP contribution in [0.25, 0.3) is 5.69 Å². The number of carbonyl (C=O) groups is 1. The number of nitrogens with one attached hydrogen (secondary N) is 2. The van der Waals surface area contributed by atoms with Gasteiger partial charge in [-0.1, -0.05) is 12.1 Å². The molecule has 0 radical (unpaired) electrons. The van der Waals surface area contributed by atoms with Crippen molar-refractivity contribution in [1.82, 2.24) is 40.3 Å². The largest absolute Gasteiger partial charge is 0.338 e. The second kappa shape index (κ2) is 10.7. The van der Waals surface area contributed by atoms with E-state index in [1.165, 1.54) is 6.33 Å². The molecule has 0 bridgehead atoms. The van der Waals surface area contributed by atoms with E-state index in [1.807, 2.05) is 37.3 Å². The van der Waals surface area contributed by atoms with Gasteiger partial charge in [0.15, 0.2) is 0 Å². The van der Waals surface area contributed by atoms with E-state index in [-0.39, 0.29) is 12.1 Å². The highest BCUT2D eigenvalue weighted by Gasteiger charge is 2.18. The lowest BCUT2D eigenvalue weighted by atomic mass is 10.1. The van der Waals surface area contributed by atoms with E-state index in [0.717, 1.165) is 56.3 Å². The smallest absolute Gasteiger partial charge is 0.315 e. The maximum absolute atomic E-state index is 12.3. The lowest BCUT2D eigenvalue weighted by molar-refractivity contribution is 0.233. The van der Waals surface area contributed by atoms with E-state index >= 15 is 0 Å². The van der Waals surface area contributed by atoms with E-state index in [1.54, 1.807) is 23.4 Å². The van der Waals surface area contributed by atoms with E-state index in [2.05, 4.69) is 40.5 Å². The number of piperazine rings is 1. The molecule has 2 amide bonds. The number of nitrogens with zero attached hydrogens (tertiary/aromatic N) is 7. The summed E-state index contributed by atoms with van der Waals surface area (Å²) >= 11 is 0. The Morgan fingerprint density at radius 2 is 1.84 bits per heavy atom. The van der Waals surface area contributed by atoms with E-state index in [0.29, 0.717) is 6.54 Å². The molecule has 3 aromatic rings. The van der Waals surface area contributed by atoms with Crippen LogP contribution in [0.2, 0.25) is 0 Å². The van der Waals surface area contributed by atoms with Gasteiger partial charge in [-0.25, -0.2) is 24.4 Å². The molecule has 1 fully saturated rings. The van der Waals surface area contributed by atoms with Crippen LogP contribution in [0.1, 0.15) is 24.9 Å². The highest BCUT2D eigenvalue weighted by molar-refractivity contribution is 5.74. The van der Waals surface area contributed by atoms with Crippen LogP contribution in [-0.4, -0.2) is 74.9 Å². The monoisotopic (exact) mass is 435 g/mol. The quantitative estimate of drug-likeness (QED) is 0.518. The Kier molecular flexibility index (Phi) is 7.23. The predicted molar refractivity (Wildman–Crippen MR) is 122 cm³/mol. The first-order valence-electron chi connectivity index (χ1n) is 10.9. The highest BCUT2D eigenvalue weighted by Crippen LogP contribution is 2.15. The van der Waals surface area contributed by atoms with Crippen LogP contribution in [0.4, 0.5) is 10.7 Å². The number of urea groups is 1. The molecule has 10 heteroatoms.